The lowest BCUT2D eigenvalue weighted by molar-refractivity contribution is -0.126. The van der Waals surface area contributed by atoms with Gasteiger partial charge in [-0.3, -0.25) is 19.6 Å². The minimum Gasteiger partial charge on any atom is -0.351 e. The van der Waals surface area contributed by atoms with E-state index in [0.717, 1.165) is 44.0 Å². The van der Waals surface area contributed by atoms with Crippen molar-refractivity contribution in [2.45, 2.75) is 26.1 Å². The summed E-state index contributed by atoms with van der Waals surface area (Å²) in [6, 6.07) is 16.0. The second-order valence-electron chi connectivity index (χ2n) is 6.51. The van der Waals surface area contributed by atoms with Gasteiger partial charge in [0.15, 0.2) is 0 Å². The fraction of sp³-hybridized carbons (Fsp3) is 0.400. The molecule has 0 bridgehead atoms. The molecule has 1 aromatic carbocycles. The molecule has 1 saturated heterocycles. The van der Waals surface area contributed by atoms with Crippen molar-refractivity contribution >= 4 is 5.91 Å². The van der Waals surface area contributed by atoms with Crippen molar-refractivity contribution in [1.29, 1.82) is 0 Å². The van der Waals surface area contributed by atoms with E-state index in [2.05, 4.69) is 26.2 Å². The van der Waals surface area contributed by atoms with Crippen LogP contribution in [0.15, 0.2) is 54.7 Å². The Hall–Kier alpha value is -2.24. The number of nitrogens with one attached hydrogen (secondary N) is 1. The number of benzene rings is 1. The van der Waals surface area contributed by atoms with Crippen molar-refractivity contribution in [3.8, 4) is 0 Å². The standard InChI is InChI=1S/C20H26N4O/c1-17(20(25)22-15-18-7-3-2-4-8-18)24-13-11-23(12-14-24)16-19-9-5-6-10-21-19/h2-10,17H,11-16H2,1H3,(H,22,25). The molecule has 0 radical (unpaired) electrons. The van der Waals surface area contributed by atoms with Gasteiger partial charge < -0.3 is 5.32 Å². The number of carbonyl (C=O) groups is 1. The molecule has 0 aliphatic carbocycles. The molecule has 1 fully saturated rings. The Kier molecular flexibility index (Phi) is 6.14. The van der Waals surface area contributed by atoms with Gasteiger partial charge in [0.25, 0.3) is 0 Å². The smallest absolute Gasteiger partial charge is 0.237 e. The van der Waals surface area contributed by atoms with E-state index < -0.39 is 0 Å². The van der Waals surface area contributed by atoms with Crippen LogP contribution in [-0.4, -0.2) is 52.9 Å². The Balaban J connectivity index is 1.43. The third-order valence-corrected chi connectivity index (χ3v) is 4.76. The Bertz CT molecular complexity index is 654. The molecule has 5 nitrogen and oxygen atoms in total. The number of piperazine rings is 1. The zero-order valence-electron chi connectivity index (χ0n) is 14.8. The van der Waals surface area contributed by atoms with E-state index in [1.54, 1.807) is 0 Å². The third kappa shape index (κ3) is 5.11. The molecule has 25 heavy (non-hydrogen) atoms. The predicted molar refractivity (Wildman–Crippen MR) is 98.8 cm³/mol. The van der Waals surface area contributed by atoms with E-state index in [1.807, 2.05) is 55.6 Å². The molecule has 0 spiro atoms. The van der Waals surface area contributed by atoms with E-state index in [9.17, 15) is 4.79 Å². The highest BCUT2D eigenvalue weighted by molar-refractivity contribution is 5.81. The fourth-order valence-electron chi connectivity index (χ4n) is 3.13. The van der Waals surface area contributed by atoms with Crippen molar-refractivity contribution in [2.75, 3.05) is 26.2 Å². The van der Waals surface area contributed by atoms with Crippen molar-refractivity contribution < 1.29 is 4.79 Å². The van der Waals surface area contributed by atoms with E-state index in [1.165, 1.54) is 0 Å². The first-order valence-corrected chi connectivity index (χ1v) is 8.90. The highest BCUT2D eigenvalue weighted by Gasteiger charge is 2.25. The van der Waals surface area contributed by atoms with Gasteiger partial charge in [0, 0.05) is 45.5 Å². The number of aromatic nitrogens is 1. The topological polar surface area (TPSA) is 48.5 Å². The van der Waals surface area contributed by atoms with Crippen LogP contribution < -0.4 is 5.32 Å². The number of nitrogens with zero attached hydrogens (tertiary/aromatic N) is 3. The summed E-state index contributed by atoms with van der Waals surface area (Å²) < 4.78 is 0. The van der Waals surface area contributed by atoms with Crippen molar-refractivity contribution in [2.24, 2.45) is 0 Å². The first-order chi connectivity index (χ1) is 12.2. The number of hydrogen-bond acceptors (Lipinski definition) is 4. The molecule has 5 heteroatoms. The van der Waals surface area contributed by atoms with Crippen LogP contribution in [0, 0.1) is 0 Å². The van der Waals surface area contributed by atoms with Crippen LogP contribution in [-0.2, 0) is 17.9 Å². The summed E-state index contributed by atoms with van der Waals surface area (Å²) in [7, 11) is 0. The Labute approximate surface area is 149 Å². The lowest BCUT2D eigenvalue weighted by Crippen LogP contribution is -2.53. The summed E-state index contributed by atoms with van der Waals surface area (Å²) in [6.45, 7) is 7.21. The molecule has 1 N–H and O–H groups in total. The van der Waals surface area contributed by atoms with Crippen LogP contribution >= 0.6 is 0 Å². The van der Waals surface area contributed by atoms with Crippen molar-refractivity contribution in [3.05, 3.63) is 66.0 Å². The molecule has 1 atom stereocenters. The van der Waals surface area contributed by atoms with Gasteiger partial charge in [-0.15, -0.1) is 0 Å². The third-order valence-electron chi connectivity index (χ3n) is 4.76. The number of amides is 1. The number of pyridine rings is 1. The van der Waals surface area contributed by atoms with Crippen molar-refractivity contribution in [1.82, 2.24) is 20.1 Å². The number of hydrogen-bond donors (Lipinski definition) is 1. The lowest BCUT2D eigenvalue weighted by Gasteiger charge is -2.37. The molecular formula is C20H26N4O. The summed E-state index contributed by atoms with van der Waals surface area (Å²) in [5.41, 5.74) is 2.23. The summed E-state index contributed by atoms with van der Waals surface area (Å²) in [4.78, 5) is 21.5. The van der Waals surface area contributed by atoms with Gasteiger partial charge in [-0.05, 0) is 24.6 Å². The van der Waals surface area contributed by atoms with Gasteiger partial charge in [-0.25, -0.2) is 0 Å². The van der Waals surface area contributed by atoms with E-state index in [0.29, 0.717) is 6.54 Å². The molecule has 1 unspecified atom stereocenters. The molecular weight excluding hydrogens is 312 g/mol. The lowest BCUT2D eigenvalue weighted by atomic mass is 10.2. The molecule has 1 aliphatic rings. The Morgan fingerprint density at radius 1 is 1.08 bits per heavy atom. The number of carbonyl (C=O) groups excluding carboxylic acids is 1. The molecule has 1 aliphatic heterocycles. The predicted octanol–water partition coefficient (Wildman–Crippen LogP) is 1.90. The minimum atomic E-state index is -0.0966. The van der Waals surface area contributed by atoms with Crippen LogP contribution in [0.3, 0.4) is 0 Å². The molecule has 0 saturated carbocycles. The molecule has 2 heterocycles. The van der Waals surface area contributed by atoms with Crippen LogP contribution in [0.4, 0.5) is 0 Å². The highest BCUT2D eigenvalue weighted by atomic mass is 16.2. The second kappa shape index (κ2) is 8.74. The molecule has 3 rings (SSSR count). The minimum absolute atomic E-state index is 0.0966. The zero-order valence-corrected chi connectivity index (χ0v) is 14.8. The van der Waals surface area contributed by atoms with Crippen LogP contribution in [0.5, 0.6) is 0 Å². The quantitative estimate of drug-likeness (QED) is 0.874. The molecule has 1 amide bonds. The van der Waals surface area contributed by atoms with E-state index >= 15 is 0 Å². The van der Waals surface area contributed by atoms with Gasteiger partial charge >= 0.3 is 0 Å². The summed E-state index contributed by atoms with van der Waals surface area (Å²) in [5.74, 6) is 0.0991. The Morgan fingerprint density at radius 2 is 1.80 bits per heavy atom. The van der Waals surface area contributed by atoms with Crippen molar-refractivity contribution in [3.63, 3.8) is 0 Å². The SMILES string of the molecule is CC(C(=O)NCc1ccccc1)N1CCN(Cc2ccccn2)CC1. The summed E-state index contributed by atoms with van der Waals surface area (Å²) in [5, 5.41) is 3.04. The maximum absolute atomic E-state index is 12.4. The molecule has 132 valence electrons. The maximum Gasteiger partial charge on any atom is 0.237 e. The average molecular weight is 338 g/mol. The first-order valence-electron chi connectivity index (χ1n) is 8.90. The highest BCUT2D eigenvalue weighted by Crippen LogP contribution is 2.10. The molecule has 1 aromatic heterocycles. The second-order valence-corrected chi connectivity index (χ2v) is 6.51. The van der Waals surface area contributed by atoms with Crippen LogP contribution in [0.2, 0.25) is 0 Å². The zero-order chi connectivity index (χ0) is 17.5. The normalized spacial score (nSPS) is 17.2. The Morgan fingerprint density at radius 3 is 2.48 bits per heavy atom. The van der Waals surface area contributed by atoms with Gasteiger partial charge in [0.2, 0.25) is 5.91 Å². The van der Waals surface area contributed by atoms with Gasteiger partial charge in [0.05, 0.1) is 11.7 Å². The fourth-order valence-corrected chi connectivity index (χ4v) is 3.13. The first kappa shape index (κ1) is 17.6. The average Bonchev–Trinajstić information content (AvgIpc) is 2.68. The van der Waals surface area contributed by atoms with Gasteiger partial charge in [0.1, 0.15) is 0 Å². The van der Waals surface area contributed by atoms with Gasteiger partial charge in [-0.1, -0.05) is 36.4 Å². The number of rotatable bonds is 6. The van der Waals surface area contributed by atoms with Crippen LogP contribution in [0.1, 0.15) is 18.2 Å². The maximum atomic E-state index is 12.4. The van der Waals surface area contributed by atoms with Gasteiger partial charge in [-0.2, -0.15) is 0 Å². The largest absolute Gasteiger partial charge is 0.351 e. The summed E-state index contributed by atoms with van der Waals surface area (Å²) in [6.07, 6.45) is 1.84. The monoisotopic (exact) mass is 338 g/mol. The summed E-state index contributed by atoms with van der Waals surface area (Å²) >= 11 is 0. The molecule has 2 aromatic rings. The van der Waals surface area contributed by atoms with E-state index in [-0.39, 0.29) is 11.9 Å². The van der Waals surface area contributed by atoms with E-state index in [4.69, 9.17) is 0 Å². The van der Waals surface area contributed by atoms with Crippen LogP contribution in [0.25, 0.3) is 0 Å².